The fraction of sp³-hybridized carbons (Fsp3) is 0.211. The molecule has 132 valence electrons. The van der Waals surface area contributed by atoms with E-state index in [1.165, 1.54) is 6.07 Å². The third-order valence-electron chi connectivity index (χ3n) is 4.58. The highest BCUT2D eigenvalue weighted by Crippen LogP contribution is 2.43. The first-order valence-corrected chi connectivity index (χ1v) is 8.16. The van der Waals surface area contributed by atoms with Gasteiger partial charge in [-0.25, -0.2) is 0 Å². The maximum Gasteiger partial charge on any atom is 0.281 e. The second kappa shape index (κ2) is 6.36. The van der Waals surface area contributed by atoms with Crippen LogP contribution in [0.15, 0.2) is 36.4 Å². The Hall–Kier alpha value is -3.03. The van der Waals surface area contributed by atoms with Crippen molar-refractivity contribution in [1.29, 1.82) is 0 Å². The number of aromatic nitrogens is 1. The summed E-state index contributed by atoms with van der Waals surface area (Å²) < 4.78 is 10.6. The van der Waals surface area contributed by atoms with E-state index in [1.807, 2.05) is 12.1 Å². The van der Waals surface area contributed by atoms with Crippen LogP contribution in [-0.2, 0) is 16.1 Å². The van der Waals surface area contributed by atoms with Crippen molar-refractivity contribution in [3.8, 4) is 11.3 Å². The fourth-order valence-corrected chi connectivity index (χ4v) is 3.43. The second-order valence-corrected chi connectivity index (χ2v) is 6.04. The Kier molecular flexibility index (Phi) is 4.02. The van der Waals surface area contributed by atoms with Gasteiger partial charge in [0.05, 0.1) is 30.4 Å². The molecule has 2 aromatic carbocycles. The molecular weight excluding hydrogens is 336 g/mol. The number of nitro groups is 1. The third kappa shape index (κ3) is 2.40. The highest BCUT2D eigenvalue weighted by Gasteiger charge is 2.33. The number of methoxy groups -OCH3 is 1. The van der Waals surface area contributed by atoms with Crippen LogP contribution in [0.25, 0.3) is 22.0 Å². The molecular formula is C19H16N2O5. The van der Waals surface area contributed by atoms with Gasteiger partial charge in [0.25, 0.3) is 5.69 Å². The second-order valence-electron chi connectivity index (χ2n) is 6.04. The van der Waals surface area contributed by atoms with Gasteiger partial charge in [-0.05, 0) is 6.07 Å². The number of nitrogens with zero attached hydrogens (tertiary/aromatic N) is 1. The van der Waals surface area contributed by atoms with Gasteiger partial charge in [-0.1, -0.05) is 24.3 Å². The van der Waals surface area contributed by atoms with Crippen molar-refractivity contribution < 1.29 is 19.2 Å². The Morgan fingerprint density at radius 1 is 1.12 bits per heavy atom. The lowest BCUT2D eigenvalue weighted by Gasteiger charge is -2.15. The Balaban J connectivity index is 1.94. The first-order chi connectivity index (χ1) is 12.6. The quantitative estimate of drug-likeness (QED) is 0.326. The van der Waals surface area contributed by atoms with E-state index in [-0.39, 0.29) is 17.0 Å². The maximum absolute atomic E-state index is 13.0. The minimum Gasteiger partial charge on any atom is -0.382 e. The molecule has 4 rings (SSSR count). The molecule has 1 aromatic heterocycles. The Morgan fingerprint density at radius 3 is 2.62 bits per heavy atom. The summed E-state index contributed by atoms with van der Waals surface area (Å²) in [6, 6.07) is 10.2. The normalized spacial score (nSPS) is 12.4. The molecule has 26 heavy (non-hydrogen) atoms. The van der Waals surface area contributed by atoms with Gasteiger partial charge in [-0.3, -0.25) is 14.9 Å². The number of ketones is 1. The molecule has 7 nitrogen and oxygen atoms in total. The standard InChI is InChI=1S/C19H16N2O5/c1-25-8-9-26-10-14-13-6-7-15(21(23)24)17-16(13)18(20-14)11-4-2-3-5-12(11)19(17)22/h2-7,20H,8-10H2,1H3. The van der Waals surface area contributed by atoms with E-state index in [9.17, 15) is 14.9 Å². The molecule has 0 aliphatic heterocycles. The average Bonchev–Trinajstić information content (AvgIpc) is 3.02. The Labute approximate surface area is 148 Å². The number of carbonyl (C=O) groups excluding carboxylic acids is 1. The summed E-state index contributed by atoms with van der Waals surface area (Å²) in [5, 5.41) is 12.8. The molecule has 1 aliphatic rings. The lowest BCUT2D eigenvalue weighted by Crippen LogP contribution is -2.11. The van der Waals surface area contributed by atoms with E-state index in [1.54, 1.807) is 25.3 Å². The van der Waals surface area contributed by atoms with E-state index >= 15 is 0 Å². The topological polar surface area (TPSA) is 94.5 Å². The molecule has 1 N–H and O–H groups in total. The van der Waals surface area contributed by atoms with Gasteiger partial charge >= 0.3 is 0 Å². The first-order valence-electron chi connectivity index (χ1n) is 8.16. The molecule has 0 radical (unpaired) electrons. The van der Waals surface area contributed by atoms with Gasteiger partial charge in [-0.2, -0.15) is 0 Å². The largest absolute Gasteiger partial charge is 0.382 e. The zero-order valence-corrected chi connectivity index (χ0v) is 14.1. The van der Waals surface area contributed by atoms with Crippen LogP contribution in [0.5, 0.6) is 0 Å². The molecule has 0 fully saturated rings. The maximum atomic E-state index is 13.0. The molecule has 3 aromatic rings. The van der Waals surface area contributed by atoms with Crippen LogP contribution in [0.3, 0.4) is 0 Å². The summed E-state index contributed by atoms with van der Waals surface area (Å²) in [7, 11) is 1.60. The van der Waals surface area contributed by atoms with Gasteiger partial charge in [0, 0.05) is 40.8 Å². The van der Waals surface area contributed by atoms with Gasteiger partial charge in [0.2, 0.25) is 5.78 Å². The molecule has 0 saturated heterocycles. The predicted octanol–water partition coefficient (Wildman–Crippen LogP) is 3.45. The highest BCUT2D eigenvalue weighted by molar-refractivity contribution is 6.27. The molecule has 0 unspecified atom stereocenters. The van der Waals surface area contributed by atoms with Crippen molar-refractivity contribution in [3.05, 3.63) is 63.3 Å². The lowest BCUT2D eigenvalue weighted by atomic mass is 9.86. The number of hydrogen-bond donors (Lipinski definition) is 1. The third-order valence-corrected chi connectivity index (χ3v) is 4.58. The Bertz CT molecular complexity index is 1040. The van der Waals surface area contributed by atoms with E-state index < -0.39 is 4.92 Å². The van der Waals surface area contributed by atoms with Crippen LogP contribution in [0.1, 0.15) is 21.6 Å². The summed E-state index contributed by atoms with van der Waals surface area (Å²) in [5.74, 6) is -0.323. The van der Waals surface area contributed by atoms with Crippen LogP contribution in [-0.4, -0.2) is 36.0 Å². The molecule has 0 spiro atoms. The number of benzene rings is 2. The summed E-state index contributed by atoms with van der Waals surface area (Å²) in [4.78, 5) is 27.2. The number of fused-ring (bicyclic) bond motifs is 2. The summed E-state index contributed by atoms with van der Waals surface area (Å²) >= 11 is 0. The monoisotopic (exact) mass is 352 g/mol. The van der Waals surface area contributed by atoms with Gasteiger partial charge in [-0.15, -0.1) is 0 Å². The van der Waals surface area contributed by atoms with E-state index in [0.29, 0.717) is 30.8 Å². The van der Waals surface area contributed by atoms with Crippen molar-refractivity contribution in [2.75, 3.05) is 20.3 Å². The fourth-order valence-electron chi connectivity index (χ4n) is 3.43. The number of carbonyl (C=O) groups is 1. The predicted molar refractivity (Wildman–Crippen MR) is 95.4 cm³/mol. The van der Waals surface area contributed by atoms with Crippen molar-refractivity contribution in [2.45, 2.75) is 6.61 Å². The number of H-pyrrole nitrogens is 1. The zero-order valence-electron chi connectivity index (χ0n) is 14.1. The van der Waals surface area contributed by atoms with Gasteiger partial charge in [0.15, 0.2) is 0 Å². The van der Waals surface area contributed by atoms with Crippen LogP contribution in [0.4, 0.5) is 5.69 Å². The number of nitro benzene ring substituents is 1. The van der Waals surface area contributed by atoms with E-state index in [2.05, 4.69) is 4.98 Å². The van der Waals surface area contributed by atoms with Crippen LogP contribution in [0.2, 0.25) is 0 Å². The summed E-state index contributed by atoms with van der Waals surface area (Å²) in [6.07, 6.45) is 0. The summed E-state index contributed by atoms with van der Waals surface area (Å²) in [5.41, 5.74) is 2.68. The smallest absolute Gasteiger partial charge is 0.281 e. The number of hydrogen-bond acceptors (Lipinski definition) is 5. The van der Waals surface area contributed by atoms with Gasteiger partial charge < -0.3 is 14.5 Å². The van der Waals surface area contributed by atoms with Gasteiger partial charge in [0.1, 0.15) is 5.56 Å². The lowest BCUT2D eigenvalue weighted by molar-refractivity contribution is -0.385. The Morgan fingerprint density at radius 2 is 1.88 bits per heavy atom. The summed E-state index contributed by atoms with van der Waals surface area (Å²) in [6.45, 7) is 1.21. The molecule has 0 atom stereocenters. The van der Waals surface area contributed by atoms with Crippen LogP contribution in [0, 0.1) is 10.1 Å². The van der Waals surface area contributed by atoms with Crippen molar-refractivity contribution >= 4 is 22.2 Å². The average molecular weight is 352 g/mol. The van der Waals surface area contributed by atoms with Crippen molar-refractivity contribution in [1.82, 2.24) is 4.98 Å². The van der Waals surface area contributed by atoms with Crippen LogP contribution < -0.4 is 0 Å². The number of aromatic amines is 1. The van der Waals surface area contributed by atoms with Crippen LogP contribution >= 0.6 is 0 Å². The van der Waals surface area contributed by atoms with E-state index in [4.69, 9.17) is 9.47 Å². The molecule has 0 amide bonds. The van der Waals surface area contributed by atoms with E-state index in [0.717, 1.165) is 22.3 Å². The number of nitrogens with one attached hydrogen (secondary N) is 1. The zero-order chi connectivity index (χ0) is 18.3. The SMILES string of the molecule is COCCOCc1[nH]c2c3c(c([N+](=O)[O-])ccc13)C(=O)c1ccccc1-2. The minimum atomic E-state index is -0.508. The molecule has 7 heteroatoms. The van der Waals surface area contributed by atoms with Crippen molar-refractivity contribution in [2.24, 2.45) is 0 Å². The first kappa shape index (κ1) is 16.4. The number of ether oxygens (including phenoxy) is 2. The minimum absolute atomic E-state index is 0.139. The molecule has 1 heterocycles. The molecule has 1 aliphatic carbocycles. The molecule has 0 saturated carbocycles. The van der Waals surface area contributed by atoms with Crippen molar-refractivity contribution in [3.63, 3.8) is 0 Å². The highest BCUT2D eigenvalue weighted by atomic mass is 16.6. The molecule has 0 bridgehead atoms. The number of rotatable bonds is 6.